The Morgan fingerprint density at radius 1 is 0.254 bits per heavy atom. The van der Waals surface area contributed by atoms with Crippen molar-refractivity contribution in [1.29, 1.82) is 0 Å². The van der Waals surface area contributed by atoms with Crippen LogP contribution in [0, 0.1) is 0 Å². The molecule has 1 aliphatic rings. The summed E-state index contributed by atoms with van der Waals surface area (Å²) in [6.45, 7) is 4.79. The largest absolute Gasteiger partial charge is 0.0619 e. The molecule has 0 N–H and O–H groups in total. The van der Waals surface area contributed by atoms with Crippen LogP contribution in [0.15, 0.2) is 218 Å². The molecular formula is C63H42. The fourth-order valence-corrected chi connectivity index (χ4v) is 11.3. The second kappa shape index (κ2) is 13.6. The van der Waals surface area contributed by atoms with Gasteiger partial charge in [0.2, 0.25) is 0 Å². The van der Waals surface area contributed by atoms with Gasteiger partial charge in [0.15, 0.2) is 0 Å². The Labute approximate surface area is 367 Å². The summed E-state index contributed by atoms with van der Waals surface area (Å²) in [5.41, 5.74) is 15.3. The normalized spacial score (nSPS) is 13.0. The third-order valence-electron chi connectivity index (χ3n) is 14.2. The van der Waals surface area contributed by atoms with Crippen molar-refractivity contribution >= 4 is 64.6 Å². The van der Waals surface area contributed by atoms with Crippen LogP contribution in [0.1, 0.15) is 25.0 Å². The van der Waals surface area contributed by atoms with E-state index in [0.717, 1.165) is 0 Å². The fraction of sp³-hybridized carbons (Fsp3) is 0.0476. The first-order valence-electron chi connectivity index (χ1n) is 22.2. The number of rotatable bonds is 4. The van der Waals surface area contributed by atoms with Gasteiger partial charge in [-0.3, -0.25) is 0 Å². The zero-order valence-corrected chi connectivity index (χ0v) is 35.3. The molecule has 0 heteroatoms. The van der Waals surface area contributed by atoms with Gasteiger partial charge in [-0.1, -0.05) is 214 Å². The molecule has 12 aromatic rings. The van der Waals surface area contributed by atoms with E-state index in [2.05, 4.69) is 232 Å². The SMILES string of the molecule is CC1(C)c2ccccc2-c2c1ccc1c(-c3cccc4c(-c5cc6ccccc6c6ccccc56)cccc34)c3ccccc3c(-c3cccc(-c4ccc5ccccc5c4)c3)c21. The van der Waals surface area contributed by atoms with Crippen LogP contribution in [-0.4, -0.2) is 0 Å². The van der Waals surface area contributed by atoms with E-state index in [0.29, 0.717) is 0 Å². The number of benzene rings is 12. The Morgan fingerprint density at radius 2 is 0.810 bits per heavy atom. The third kappa shape index (κ3) is 5.28. The summed E-state index contributed by atoms with van der Waals surface area (Å²) in [7, 11) is 0. The monoisotopic (exact) mass is 798 g/mol. The smallest absolute Gasteiger partial charge is 0.0159 e. The molecule has 0 unspecified atom stereocenters. The molecule has 0 fully saturated rings. The van der Waals surface area contributed by atoms with E-state index in [-0.39, 0.29) is 5.41 Å². The Bertz CT molecular complexity index is 3880. The molecule has 0 radical (unpaired) electrons. The van der Waals surface area contributed by atoms with Gasteiger partial charge in [-0.2, -0.15) is 0 Å². The molecule has 0 saturated heterocycles. The number of hydrogen-bond acceptors (Lipinski definition) is 0. The molecule has 0 heterocycles. The molecule has 0 amide bonds. The van der Waals surface area contributed by atoms with Gasteiger partial charge in [0, 0.05) is 5.41 Å². The summed E-state index contributed by atoms with van der Waals surface area (Å²) in [5.74, 6) is 0. The highest BCUT2D eigenvalue weighted by atomic mass is 14.4. The minimum Gasteiger partial charge on any atom is -0.0619 e. The summed E-state index contributed by atoms with van der Waals surface area (Å²) in [4.78, 5) is 0. The van der Waals surface area contributed by atoms with Crippen LogP contribution in [0.5, 0.6) is 0 Å². The van der Waals surface area contributed by atoms with Crippen molar-refractivity contribution < 1.29 is 0 Å². The topological polar surface area (TPSA) is 0 Å². The van der Waals surface area contributed by atoms with Crippen LogP contribution in [0.4, 0.5) is 0 Å². The van der Waals surface area contributed by atoms with Gasteiger partial charge < -0.3 is 0 Å². The lowest BCUT2D eigenvalue weighted by Gasteiger charge is -2.24. The van der Waals surface area contributed by atoms with Gasteiger partial charge >= 0.3 is 0 Å². The van der Waals surface area contributed by atoms with E-state index >= 15 is 0 Å². The van der Waals surface area contributed by atoms with Crippen molar-refractivity contribution in [1.82, 2.24) is 0 Å². The first-order valence-corrected chi connectivity index (χ1v) is 22.2. The molecule has 12 aromatic carbocycles. The van der Waals surface area contributed by atoms with E-state index < -0.39 is 0 Å². The summed E-state index contributed by atoms with van der Waals surface area (Å²) in [6, 6.07) is 81.9. The summed E-state index contributed by atoms with van der Waals surface area (Å²) >= 11 is 0. The maximum absolute atomic E-state index is 2.44. The minimum absolute atomic E-state index is 0.146. The Kier molecular flexibility index (Phi) is 7.75. The molecule has 0 nitrogen and oxygen atoms in total. The second-order valence-corrected chi connectivity index (χ2v) is 17.9. The quantitative estimate of drug-likeness (QED) is 0.123. The van der Waals surface area contributed by atoms with Crippen molar-refractivity contribution in [3.63, 3.8) is 0 Å². The Morgan fingerprint density at radius 3 is 1.63 bits per heavy atom. The summed E-state index contributed by atoms with van der Waals surface area (Å²) in [6.07, 6.45) is 0. The predicted molar refractivity (Wildman–Crippen MR) is 271 cm³/mol. The molecule has 1 aliphatic carbocycles. The number of hydrogen-bond donors (Lipinski definition) is 0. The van der Waals surface area contributed by atoms with E-state index in [1.165, 1.54) is 131 Å². The average molecular weight is 799 g/mol. The average Bonchev–Trinajstić information content (AvgIpc) is 3.58. The van der Waals surface area contributed by atoms with E-state index in [1.54, 1.807) is 0 Å². The molecule has 63 heavy (non-hydrogen) atoms. The number of fused-ring (bicyclic) bond motifs is 11. The van der Waals surface area contributed by atoms with Crippen LogP contribution in [-0.2, 0) is 5.41 Å². The van der Waals surface area contributed by atoms with E-state index in [4.69, 9.17) is 0 Å². The van der Waals surface area contributed by atoms with Crippen LogP contribution in [0.2, 0.25) is 0 Å². The van der Waals surface area contributed by atoms with E-state index in [9.17, 15) is 0 Å². The molecule has 294 valence electrons. The van der Waals surface area contributed by atoms with Crippen molar-refractivity contribution in [2.45, 2.75) is 19.3 Å². The highest BCUT2D eigenvalue weighted by Crippen LogP contribution is 2.56. The van der Waals surface area contributed by atoms with Gasteiger partial charge in [-0.15, -0.1) is 0 Å². The maximum Gasteiger partial charge on any atom is 0.0159 e. The standard InChI is InChI=1S/C63H42/c1-63(2)57-31-12-11-26-54(57)61-58(63)35-34-55-60(51-30-15-27-47-48(51)28-14-29-50(47)56-38-43-18-5-6-21-45(43)46-22-7-8-23-49(46)56)53-25-10-9-24-52(53)59(62(55)61)44-20-13-19-41(37-44)42-33-32-39-16-3-4-17-40(39)36-42/h3-38H,1-2H3. The van der Waals surface area contributed by atoms with Gasteiger partial charge in [0.1, 0.15) is 0 Å². The molecule has 0 aromatic heterocycles. The predicted octanol–water partition coefficient (Wildman–Crippen LogP) is 17.6. The zero-order chi connectivity index (χ0) is 41.8. The fourth-order valence-electron chi connectivity index (χ4n) is 11.3. The first kappa shape index (κ1) is 35.9. The van der Waals surface area contributed by atoms with Crippen LogP contribution in [0.25, 0.3) is 120 Å². The van der Waals surface area contributed by atoms with Crippen LogP contribution < -0.4 is 0 Å². The first-order chi connectivity index (χ1) is 31.0. The van der Waals surface area contributed by atoms with Crippen molar-refractivity contribution in [2.24, 2.45) is 0 Å². The summed E-state index contributed by atoms with van der Waals surface area (Å²) in [5, 5.41) is 15.3. The summed E-state index contributed by atoms with van der Waals surface area (Å²) < 4.78 is 0. The van der Waals surface area contributed by atoms with Gasteiger partial charge in [-0.25, -0.2) is 0 Å². The lowest BCUT2D eigenvalue weighted by molar-refractivity contribution is 0.661. The second-order valence-electron chi connectivity index (χ2n) is 17.9. The molecular weight excluding hydrogens is 757 g/mol. The maximum atomic E-state index is 2.44. The van der Waals surface area contributed by atoms with Gasteiger partial charge in [0.05, 0.1) is 0 Å². The van der Waals surface area contributed by atoms with Crippen LogP contribution >= 0.6 is 0 Å². The Balaban J connectivity index is 1.13. The lowest BCUT2D eigenvalue weighted by Crippen LogP contribution is -2.14. The van der Waals surface area contributed by atoms with Crippen LogP contribution in [0.3, 0.4) is 0 Å². The minimum atomic E-state index is -0.146. The highest BCUT2D eigenvalue weighted by Gasteiger charge is 2.37. The van der Waals surface area contributed by atoms with Gasteiger partial charge in [0.25, 0.3) is 0 Å². The van der Waals surface area contributed by atoms with Crippen molar-refractivity contribution in [2.75, 3.05) is 0 Å². The van der Waals surface area contributed by atoms with Gasteiger partial charge in [-0.05, 0) is 150 Å². The molecule has 0 saturated carbocycles. The van der Waals surface area contributed by atoms with E-state index in [1.807, 2.05) is 0 Å². The highest BCUT2D eigenvalue weighted by molar-refractivity contribution is 6.28. The molecule has 0 spiro atoms. The lowest BCUT2D eigenvalue weighted by atomic mass is 9.79. The third-order valence-corrected chi connectivity index (χ3v) is 14.2. The van der Waals surface area contributed by atoms with Crippen molar-refractivity contribution in [3.05, 3.63) is 230 Å². The molecule has 0 aliphatic heterocycles. The molecule has 0 bridgehead atoms. The van der Waals surface area contributed by atoms with Crippen molar-refractivity contribution in [3.8, 4) is 55.6 Å². The Hall–Kier alpha value is -7.80. The molecule has 0 atom stereocenters. The zero-order valence-electron chi connectivity index (χ0n) is 35.3. The molecule has 13 rings (SSSR count).